The Bertz CT molecular complexity index is 873. The third kappa shape index (κ3) is 4.42. The standard InChI is InChI=1S/C19H19N3O2S/c1-25(24)18-9-7-16(8-10-18)19(23)20-12-11-15-13-21-22(14-15)17-5-3-2-4-6-17/h2-10,13-14H,11-12H2,1H3,(H,20,23). The molecular weight excluding hydrogens is 334 g/mol. The smallest absolute Gasteiger partial charge is 0.251 e. The highest BCUT2D eigenvalue weighted by Gasteiger charge is 2.07. The molecule has 1 heterocycles. The summed E-state index contributed by atoms with van der Waals surface area (Å²) >= 11 is 0. The van der Waals surface area contributed by atoms with E-state index in [9.17, 15) is 9.00 Å². The van der Waals surface area contributed by atoms with Crippen molar-refractivity contribution in [2.24, 2.45) is 0 Å². The second kappa shape index (κ2) is 7.90. The molecule has 0 aliphatic carbocycles. The van der Waals surface area contributed by atoms with E-state index in [0.29, 0.717) is 23.4 Å². The molecule has 0 bridgehead atoms. The van der Waals surface area contributed by atoms with E-state index in [4.69, 9.17) is 0 Å². The van der Waals surface area contributed by atoms with Gasteiger partial charge in [0.05, 0.1) is 11.9 Å². The van der Waals surface area contributed by atoms with E-state index in [-0.39, 0.29) is 5.91 Å². The van der Waals surface area contributed by atoms with Crippen molar-refractivity contribution in [3.8, 4) is 5.69 Å². The highest BCUT2D eigenvalue weighted by molar-refractivity contribution is 7.84. The molecule has 1 amide bonds. The second-order valence-electron chi connectivity index (χ2n) is 5.61. The lowest BCUT2D eigenvalue weighted by Crippen LogP contribution is -2.25. The number of aromatic nitrogens is 2. The minimum atomic E-state index is -1.04. The number of amides is 1. The van der Waals surface area contributed by atoms with Gasteiger partial charge in [-0.05, 0) is 48.4 Å². The van der Waals surface area contributed by atoms with Gasteiger partial charge in [0.15, 0.2) is 0 Å². The van der Waals surface area contributed by atoms with Gasteiger partial charge in [-0.1, -0.05) is 18.2 Å². The Labute approximate surface area is 149 Å². The molecular formula is C19H19N3O2S. The van der Waals surface area contributed by atoms with Crippen LogP contribution in [0.2, 0.25) is 0 Å². The molecule has 6 heteroatoms. The summed E-state index contributed by atoms with van der Waals surface area (Å²) in [5, 5.41) is 7.24. The van der Waals surface area contributed by atoms with E-state index in [1.54, 1.807) is 30.5 Å². The van der Waals surface area contributed by atoms with Crippen molar-refractivity contribution in [3.05, 3.63) is 78.1 Å². The van der Waals surface area contributed by atoms with Crippen molar-refractivity contribution < 1.29 is 9.00 Å². The first-order valence-electron chi connectivity index (χ1n) is 7.94. The number of nitrogens with zero attached hydrogens (tertiary/aromatic N) is 2. The van der Waals surface area contributed by atoms with Crippen LogP contribution in [0.25, 0.3) is 5.69 Å². The summed E-state index contributed by atoms with van der Waals surface area (Å²) in [7, 11) is -1.04. The lowest BCUT2D eigenvalue weighted by Gasteiger charge is -2.05. The number of para-hydroxylation sites is 1. The number of nitrogens with one attached hydrogen (secondary N) is 1. The van der Waals surface area contributed by atoms with Gasteiger partial charge < -0.3 is 5.32 Å². The van der Waals surface area contributed by atoms with Crippen LogP contribution in [-0.2, 0) is 17.2 Å². The maximum absolute atomic E-state index is 12.1. The van der Waals surface area contributed by atoms with Gasteiger partial charge in [-0.3, -0.25) is 9.00 Å². The van der Waals surface area contributed by atoms with E-state index < -0.39 is 10.8 Å². The number of carbonyl (C=O) groups excluding carboxylic acids is 1. The van der Waals surface area contributed by atoms with Gasteiger partial charge in [-0.2, -0.15) is 5.10 Å². The van der Waals surface area contributed by atoms with Gasteiger partial charge >= 0.3 is 0 Å². The van der Waals surface area contributed by atoms with Gasteiger partial charge in [0.25, 0.3) is 5.91 Å². The quantitative estimate of drug-likeness (QED) is 0.741. The molecule has 1 atom stereocenters. The number of benzene rings is 2. The van der Waals surface area contributed by atoms with Crippen LogP contribution in [0.4, 0.5) is 0 Å². The Balaban J connectivity index is 1.53. The minimum absolute atomic E-state index is 0.135. The molecule has 0 fully saturated rings. The summed E-state index contributed by atoms with van der Waals surface area (Å²) < 4.78 is 13.2. The van der Waals surface area contributed by atoms with Crippen molar-refractivity contribution in [2.45, 2.75) is 11.3 Å². The van der Waals surface area contributed by atoms with E-state index in [1.165, 1.54) is 0 Å². The second-order valence-corrected chi connectivity index (χ2v) is 6.99. The molecule has 2 aromatic carbocycles. The molecule has 0 spiro atoms. The predicted molar refractivity (Wildman–Crippen MR) is 98.4 cm³/mol. The Kier molecular flexibility index (Phi) is 5.40. The van der Waals surface area contributed by atoms with Crippen LogP contribution in [-0.4, -0.2) is 32.7 Å². The summed E-state index contributed by atoms with van der Waals surface area (Å²) in [4.78, 5) is 12.8. The largest absolute Gasteiger partial charge is 0.352 e. The molecule has 0 radical (unpaired) electrons. The van der Waals surface area contributed by atoms with Crippen molar-refractivity contribution in [1.29, 1.82) is 0 Å². The Hall–Kier alpha value is -2.73. The molecule has 5 nitrogen and oxygen atoms in total. The van der Waals surface area contributed by atoms with Crippen LogP contribution in [0, 0.1) is 0 Å². The minimum Gasteiger partial charge on any atom is -0.352 e. The zero-order valence-electron chi connectivity index (χ0n) is 13.9. The molecule has 0 saturated heterocycles. The highest BCUT2D eigenvalue weighted by atomic mass is 32.2. The summed E-state index contributed by atoms with van der Waals surface area (Å²) in [6.07, 6.45) is 6.09. The first kappa shape index (κ1) is 17.1. The fourth-order valence-corrected chi connectivity index (χ4v) is 2.95. The number of hydrogen-bond acceptors (Lipinski definition) is 3. The van der Waals surface area contributed by atoms with Crippen LogP contribution in [0.5, 0.6) is 0 Å². The molecule has 3 rings (SSSR count). The molecule has 1 N–H and O–H groups in total. The fraction of sp³-hybridized carbons (Fsp3) is 0.158. The van der Waals surface area contributed by atoms with Crippen LogP contribution < -0.4 is 5.32 Å². The summed E-state index contributed by atoms with van der Waals surface area (Å²) in [6.45, 7) is 0.529. The Morgan fingerprint density at radius 2 is 1.84 bits per heavy atom. The maximum atomic E-state index is 12.1. The van der Waals surface area contributed by atoms with Gasteiger partial charge in [0.2, 0.25) is 0 Å². The van der Waals surface area contributed by atoms with Gasteiger partial charge in [-0.25, -0.2) is 4.68 Å². The molecule has 0 aliphatic heterocycles. The van der Waals surface area contributed by atoms with Crippen molar-refractivity contribution in [3.63, 3.8) is 0 Å². The van der Waals surface area contributed by atoms with Gasteiger partial charge in [-0.15, -0.1) is 0 Å². The number of rotatable bonds is 6. The lowest BCUT2D eigenvalue weighted by atomic mass is 10.2. The Morgan fingerprint density at radius 3 is 2.52 bits per heavy atom. The summed E-state index contributed by atoms with van der Waals surface area (Å²) in [6, 6.07) is 16.7. The fourth-order valence-electron chi connectivity index (χ4n) is 2.43. The van der Waals surface area contributed by atoms with Crippen molar-refractivity contribution >= 4 is 16.7 Å². The normalized spacial score (nSPS) is 11.9. The summed E-state index contributed by atoms with van der Waals surface area (Å²) in [5.74, 6) is -0.135. The molecule has 25 heavy (non-hydrogen) atoms. The third-order valence-corrected chi connectivity index (χ3v) is 4.74. The van der Waals surface area contributed by atoms with Crippen LogP contribution in [0.15, 0.2) is 71.9 Å². The molecule has 0 saturated carbocycles. The molecule has 128 valence electrons. The first-order chi connectivity index (χ1) is 12.1. The maximum Gasteiger partial charge on any atom is 0.251 e. The van der Waals surface area contributed by atoms with Crippen molar-refractivity contribution in [1.82, 2.24) is 15.1 Å². The lowest BCUT2D eigenvalue weighted by molar-refractivity contribution is 0.0954. The zero-order valence-corrected chi connectivity index (χ0v) is 14.7. The third-order valence-electron chi connectivity index (χ3n) is 3.80. The zero-order chi connectivity index (χ0) is 17.6. The average Bonchev–Trinajstić information content (AvgIpc) is 3.11. The highest BCUT2D eigenvalue weighted by Crippen LogP contribution is 2.09. The van der Waals surface area contributed by atoms with E-state index in [1.807, 2.05) is 47.4 Å². The topological polar surface area (TPSA) is 64.0 Å². The molecule has 1 aromatic heterocycles. The van der Waals surface area contributed by atoms with Gasteiger partial charge in [0, 0.05) is 40.3 Å². The molecule has 0 aliphatic rings. The predicted octanol–water partition coefficient (Wildman–Crippen LogP) is 2.58. The SMILES string of the molecule is CS(=O)c1ccc(C(=O)NCCc2cnn(-c3ccccc3)c2)cc1. The number of carbonyl (C=O) groups is 1. The van der Waals surface area contributed by atoms with E-state index in [2.05, 4.69) is 10.4 Å². The Morgan fingerprint density at radius 1 is 1.12 bits per heavy atom. The van der Waals surface area contributed by atoms with Gasteiger partial charge in [0.1, 0.15) is 0 Å². The summed E-state index contributed by atoms with van der Waals surface area (Å²) in [5.41, 5.74) is 2.63. The average molecular weight is 353 g/mol. The van der Waals surface area contributed by atoms with E-state index >= 15 is 0 Å². The monoisotopic (exact) mass is 353 g/mol. The van der Waals surface area contributed by atoms with Crippen LogP contribution >= 0.6 is 0 Å². The van der Waals surface area contributed by atoms with Crippen LogP contribution in [0.1, 0.15) is 15.9 Å². The van der Waals surface area contributed by atoms with E-state index in [0.717, 1.165) is 11.3 Å². The molecule has 1 unspecified atom stereocenters. The molecule has 3 aromatic rings. The van der Waals surface area contributed by atoms with Crippen LogP contribution in [0.3, 0.4) is 0 Å². The first-order valence-corrected chi connectivity index (χ1v) is 9.50. The van der Waals surface area contributed by atoms with Crippen molar-refractivity contribution in [2.75, 3.05) is 12.8 Å². The number of hydrogen-bond donors (Lipinski definition) is 1.